The van der Waals surface area contributed by atoms with Gasteiger partial charge in [-0.05, 0) is 43.4 Å². The second-order valence-electron chi connectivity index (χ2n) is 4.46. The summed E-state index contributed by atoms with van der Waals surface area (Å²) in [5.41, 5.74) is 1.20. The number of fused-ring (bicyclic) bond motifs is 1. The van der Waals surface area contributed by atoms with Crippen LogP contribution in [0.4, 0.5) is 0 Å². The van der Waals surface area contributed by atoms with E-state index in [9.17, 15) is 9.90 Å². The standard InChI is InChI=1S/C12H14O3/c1-12(11(14)15)6-5-9-8(7-12)3-2-4-10(9)13/h2-4,13H,5-7H2,1H3,(H,14,15). The molecule has 1 aromatic rings. The molecule has 0 saturated heterocycles. The normalized spacial score (nSPS) is 24.6. The van der Waals surface area contributed by atoms with E-state index in [-0.39, 0.29) is 0 Å². The fraction of sp³-hybridized carbons (Fsp3) is 0.417. The Morgan fingerprint density at radius 2 is 2.20 bits per heavy atom. The van der Waals surface area contributed by atoms with E-state index in [0.29, 0.717) is 25.0 Å². The second-order valence-corrected chi connectivity index (χ2v) is 4.46. The predicted molar refractivity (Wildman–Crippen MR) is 55.9 cm³/mol. The van der Waals surface area contributed by atoms with Crippen LogP contribution in [0.15, 0.2) is 18.2 Å². The van der Waals surface area contributed by atoms with Gasteiger partial charge in [0.15, 0.2) is 0 Å². The first-order chi connectivity index (χ1) is 7.03. The van der Waals surface area contributed by atoms with Crippen molar-refractivity contribution < 1.29 is 15.0 Å². The first kappa shape index (κ1) is 10.0. The van der Waals surface area contributed by atoms with Gasteiger partial charge in [0.2, 0.25) is 0 Å². The molecule has 0 amide bonds. The lowest BCUT2D eigenvalue weighted by atomic mass is 9.73. The van der Waals surface area contributed by atoms with Gasteiger partial charge < -0.3 is 10.2 Å². The van der Waals surface area contributed by atoms with Crippen molar-refractivity contribution in [3.05, 3.63) is 29.3 Å². The maximum absolute atomic E-state index is 11.1. The summed E-state index contributed by atoms with van der Waals surface area (Å²) in [7, 11) is 0. The van der Waals surface area contributed by atoms with Crippen LogP contribution in [0.25, 0.3) is 0 Å². The monoisotopic (exact) mass is 206 g/mol. The van der Waals surface area contributed by atoms with Crippen molar-refractivity contribution in [2.24, 2.45) is 5.41 Å². The van der Waals surface area contributed by atoms with Gasteiger partial charge in [0.05, 0.1) is 5.41 Å². The van der Waals surface area contributed by atoms with Gasteiger partial charge in [-0.2, -0.15) is 0 Å². The second kappa shape index (κ2) is 3.26. The average Bonchev–Trinajstić information content (AvgIpc) is 2.17. The molecule has 0 radical (unpaired) electrons. The average molecular weight is 206 g/mol. The van der Waals surface area contributed by atoms with Crippen molar-refractivity contribution in [2.45, 2.75) is 26.2 Å². The summed E-state index contributed by atoms with van der Waals surface area (Å²) in [5.74, 6) is -0.462. The molecule has 0 spiro atoms. The third-order valence-corrected chi connectivity index (χ3v) is 3.27. The van der Waals surface area contributed by atoms with E-state index in [4.69, 9.17) is 5.11 Å². The lowest BCUT2D eigenvalue weighted by molar-refractivity contribution is -0.148. The number of carbonyl (C=O) groups is 1. The van der Waals surface area contributed by atoms with E-state index in [2.05, 4.69) is 0 Å². The molecule has 0 fully saturated rings. The Bertz CT molecular complexity index is 411. The van der Waals surface area contributed by atoms with Gasteiger partial charge in [0.1, 0.15) is 5.75 Å². The number of phenolic OH excluding ortho intramolecular Hbond substituents is 1. The van der Waals surface area contributed by atoms with Gasteiger partial charge in [-0.3, -0.25) is 4.79 Å². The number of hydrogen-bond acceptors (Lipinski definition) is 2. The highest BCUT2D eigenvalue weighted by atomic mass is 16.4. The molecule has 0 saturated carbocycles. The molecule has 2 N–H and O–H groups in total. The minimum absolute atomic E-state index is 0.292. The van der Waals surface area contributed by atoms with Crippen molar-refractivity contribution >= 4 is 5.97 Å². The van der Waals surface area contributed by atoms with Crippen LogP contribution in [-0.4, -0.2) is 16.2 Å². The van der Waals surface area contributed by atoms with Crippen LogP contribution in [-0.2, 0) is 17.6 Å². The molecule has 3 heteroatoms. The van der Waals surface area contributed by atoms with E-state index in [1.54, 1.807) is 19.1 Å². The summed E-state index contributed by atoms with van der Waals surface area (Å²) in [4.78, 5) is 11.1. The van der Waals surface area contributed by atoms with Crippen LogP contribution in [0.1, 0.15) is 24.5 Å². The zero-order chi connectivity index (χ0) is 11.1. The van der Waals surface area contributed by atoms with Crippen molar-refractivity contribution in [1.29, 1.82) is 0 Å². The van der Waals surface area contributed by atoms with Crippen LogP contribution in [0, 0.1) is 5.41 Å². The summed E-state index contributed by atoms with van der Waals surface area (Å²) in [5, 5.41) is 18.7. The number of phenols is 1. The van der Waals surface area contributed by atoms with Crippen LogP contribution >= 0.6 is 0 Å². The largest absolute Gasteiger partial charge is 0.508 e. The number of benzene rings is 1. The van der Waals surface area contributed by atoms with Gasteiger partial charge in [-0.25, -0.2) is 0 Å². The molecular weight excluding hydrogens is 192 g/mol. The van der Waals surface area contributed by atoms with Crippen molar-refractivity contribution in [1.82, 2.24) is 0 Å². The van der Waals surface area contributed by atoms with Gasteiger partial charge in [-0.15, -0.1) is 0 Å². The Labute approximate surface area is 88.4 Å². The zero-order valence-corrected chi connectivity index (χ0v) is 8.66. The molecule has 0 aliphatic heterocycles. The highest BCUT2D eigenvalue weighted by Gasteiger charge is 2.37. The number of rotatable bonds is 1. The molecule has 2 rings (SSSR count). The Kier molecular flexibility index (Phi) is 2.18. The number of carboxylic acid groups (broad SMARTS) is 1. The highest BCUT2D eigenvalue weighted by Crippen LogP contribution is 2.38. The molecule has 1 aliphatic rings. The molecule has 1 atom stereocenters. The topological polar surface area (TPSA) is 57.5 Å². The van der Waals surface area contributed by atoms with Gasteiger partial charge in [0, 0.05) is 0 Å². The molecule has 0 heterocycles. The van der Waals surface area contributed by atoms with Crippen LogP contribution < -0.4 is 0 Å². The summed E-state index contributed by atoms with van der Waals surface area (Å²) in [6.07, 6.45) is 1.74. The Morgan fingerprint density at radius 1 is 1.47 bits per heavy atom. The molecule has 0 aromatic heterocycles. The highest BCUT2D eigenvalue weighted by molar-refractivity contribution is 5.75. The Hall–Kier alpha value is -1.51. The van der Waals surface area contributed by atoms with E-state index in [0.717, 1.165) is 11.1 Å². The zero-order valence-electron chi connectivity index (χ0n) is 8.66. The van der Waals surface area contributed by atoms with Crippen LogP contribution in [0.2, 0.25) is 0 Å². The first-order valence-electron chi connectivity index (χ1n) is 5.06. The smallest absolute Gasteiger partial charge is 0.309 e. The number of aliphatic carboxylic acids is 1. The molecule has 3 nitrogen and oxygen atoms in total. The van der Waals surface area contributed by atoms with Crippen LogP contribution in [0.5, 0.6) is 5.75 Å². The van der Waals surface area contributed by atoms with E-state index < -0.39 is 11.4 Å². The summed E-state index contributed by atoms with van der Waals surface area (Å²) in [6.45, 7) is 1.77. The predicted octanol–water partition coefficient (Wildman–Crippen LogP) is 1.97. The summed E-state index contributed by atoms with van der Waals surface area (Å²) in [6, 6.07) is 5.32. The van der Waals surface area contributed by atoms with Crippen molar-refractivity contribution in [3.63, 3.8) is 0 Å². The third-order valence-electron chi connectivity index (χ3n) is 3.27. The molecule has 1 aliphatic carbocycles. The molecule has 0 bridgehead atoms. The van der Waals surface area contributed by atoms with Crippen molar-refractivity contribution in [3.8, 4) is 5.75 Å². The Morgan fingerprint density at radius 3 is 2.87 bits per heavy atom. The maximum Gasteiger partial charge on any atom is 0.309 e. The fourth-order valence-electron chi connectivity index (χ4n) is 2.17. The van der Waals surface area contributed by atoms with Gasteiger partial charge in [-0.1, -0.05) is 12.1 Å². The minimum atomic E-state index is -0.753. The van der Waals surface area contributed by atoms with E-state index >= 15 is 0 Å². The molecule has 15 heavy (non-hydrogen) atoms. The molecule has 80 valence electrons. The van der Waals surface area contributed by atoms with E-state index in [1.165, 1.54) is 0 Å². The molecular formula is C12H14O3. The van der Waals surface area contributed by atoms with E-state index in [1.807, 2.05) is 6.07 Å². The lowest BCUT2D eigenvalue weighted by Gasteiger charge is -2.31. The number of hydrogen-bond donors (Lipinski definition) is 2. The van der Waals surface area contributed by atoms with Gasteiger partial charge in [0.25, 0.3) is 0 Å². The van der Waals surface area contributed by atoms with Gasteiger partial charge >= 0.3 is 5.97 Å². The lowest BCUT2D eigenvalue weighted by Crippen LogP contribution is -2.33. The fourth-order valence-corrected chi connectivity index (χ4v) is 2.17. The summed E-state index contributed by atoms with van der Waals surface area (Å²) >= 11 is 0. The maximum atomic E-state index is 11.1. The molecule has 1 aromatic carbocycles. The van der Waals surface area contributed by atoms with Crippen molar-refractivity contribution in [2.75, 3.05) is 0 Å². The first-order valence-corrected chi connectivity index (χ1v) is 5.06. The number of carboxylic acids is 1. The SMILES string of the molecule is CC1(C(=O)O)CCc2c(O)cccc2C1. The number of aromatic hydroxyl groups is 1. The Balaban J connectivity index is 2.39. The quantitative estimate of drug-likeness (QED) is 0.738. The summed E-state index contributed by atoms with van der Waals surface area (Å²) < 4.78 is 0. The minimum Gasteiger partial charge on any atom is -0.508 e. The van der Waals surface area contributed by atoms with Crippen LogP contribution in [0.3, 0.4) is 0 Å². The molecule has 1 unspecified atom stereocenters. The third kappa shape index (κ3) is 1.58.